The number of aliphatic imine (C=N–C) groups is 1. The van der Waals surface area contributed by atoms with E-state index in [4.69, 9.17) is 10.5 Å². The van der Waals surface area contributed by atoms with Gasteiger partial charge in [0.1, 0.15) is 12.4 Å². The molecule has 0 radical (unpaired) electrons. The first-order valence-electron chi connectivity index (χ1n) is 6.03. The predicted octanol–water partition coefficient (Wildman–Crippen LogP) is 2.17. The molecule has 0 bridgehead atoms. The summed E-state index contributed by atoms with van der Waals surface area (Å²) in [6, 6.07) is 2.00. The molecule has 19 heavy (non-hydrogen) atoms. The molecule has 0 amide bonds. The maximum absolute atomic E-state index is 5.95. The fourth-order valence-electron chi connectivity index (χ4n) is 2.39. The Morgan fingerprint density at radius 1 is 1.32 bits per heavy atom. The lowest BCUT2D eigenvalue weighted by atomic mass is 10.2. The average Bonchev–Trinajstić information content (AvgIpc) is 2.75. The summed E-state index contributed by atoms with van der Waals surface area (Å²) in [5.41, 5.74) is 8.02. The lowest BCUT2D eigenvalue weighted by molar-refractivity contribution is 0.311. The van der Waals surface area contributed by atoms with Crippen molar-refractivity contribution in [3.63, 3.8) is 0 Å². The van der Waals surface area contributed by atoms with Crippen molar-refractivity contribution >= 4 is 49.2 Å². The number of rotatable bonds is 1. The molecule has 102 valence electrons. The van der Waals surface area contributed by atoms with Crippen LogP contribution in [0.4, 0.5) is 11.4 Å². The van der Waals surface area contributed by atoms with Crippen molar-refractivity contribution in [3.8, 4) is 5.75 Å². The predicted molar refractivity (Wildman–Crippen MR) is 84.4 cm³/mol. The summed E-state index contributed by atoms with van der Waals surface area (Å²) < 4.78 is 7.66. The van der Waals surface area contributed by atoms with Crippen LogP contribution in [0.15, 0.2) is 20.0 Å². The van der Waals surface area contributed by atoms with Crippen LogP contribution in [-0.2, 0) is 0 Å². The molecule has 1 aromatic carbocycles. The SMILES string of the molecule is CN1CCOc2cc(Br)c(N3CCN=C3N)c(Br)c21. The number of nitrogens with zero attached hydrogens (tertiary/aromatic N) is 3. The van der Waals surface area contributed by atoms with Gasteiger partial charge in [-0.25, -0.2) is 0 Å². The minimum Gasteiger partial charge on any atom is -0.489 e. The van der Waals surface area contributed by atoms with E-state index in [0.29, 0.717) is 12.6 Å². The Bertz CT molecular complexity index is 561. The molecule has 2 aliphatic rings. The summed E-state index contributed by atoms with van der Waals surface area (Å²) in [6.07, 6.45) is 0. The second-order valence-electron chi connectivity index (χ2n) is 4.53. The van der Waals surface area contributed by atoms with Gasteiger partial charge >= 0.3 is 0 Å². The van der Waals surface area contributed by atoms with E-state index in [9.17, 15) is 0 Å². The molecular weight excluding hydrogens is 376 g/mol. The maximum atomic E-state index is 5.95. The molecule has 0 saturated carbocycles. The number of halogens is 2. The Hall–Kier alpha value is -0.950. The topological polar surface area (TPSA) is 54.1 Å². The minimum absolute atomic E-state index is 0.556. The number of guanidine groups is 1. The first kappa shape index (κ1) is 13.1. The number of anilines is 2. The molecule has 2 heterocycles. The van der Waals surface area contributed by atoms with E-state index in [1.807, 2.05) is 11.0 Å². The van der Waals surface area contributed by atoms with Crippen LogP contribution in [-0.4, -0.2) is 39.2 Å². The van der Waals surface area contributed by atoms with Gasteiger partial charge in [-0.05, 0) is 37.9 Å². The highest BCUT2D eigenvalue weighted by Gasteiger charge is 2.27. The van der Waals surface area contributed by atoms with E-state index in [0.717, 1.165) is 45.7 Å². The molecule has 0 fully saturated rings. The van der Waals surface area contributed by atoms with Gasteiger partial charge in [-0.15, -0.1) is 0 Å². The highest BCUT2D eigenvalue weighted by atomic mass is 79.9. The first-order valence-corrected chi connectivity index (χ1v) is 7.61. The highest BCUT2D eigenvalue weighted by molar-refractivity contribution is 9.11. The van der Waals surface area contributed by atoms with Crippen molar-refractivity contribution in [3.05, 3.63) is 15.0 Å². The summed E-state index contributed by atoms with van der Waals surface area (Å²) >= 11 is 7.29. The van der Waals surface area contributed by atoms with E-state index < -0.39 is 0 Å². The quantitative estimate of drug-likeness (QED) is 0.799. The van der Waals surface area contributed by atoms with Crippen LogP contribution in [0.1, 0.15) is 0 Å². The largest absolute Gasteiger partial charge is 0.489 e. The molecule has 0 spiro atoms. The van der Waals surface area contributed by atoms with Gasteiger partial charge in [0.05, 0.1) is 28.9 Å². The number of benzene rings is 1. The third-order valence-corrected chi connectivity index (χ3v) is 4.70. The van der Waals surface area contributed by atoms with Crippen LogP contribution in [0.5, 0.6) is 5.75 Å². The summed E-state index contributed by atoms with van der Waals surface area (Å²) in [7, 11) is 2.06. The molecular formula is C12H14Br2N4O. The van der Waals surface area contributed by atoms with Gasteiger partial charge in [-0.3, -0.25) is 4.99 Å². The van der Waals surface area contributed by atoms with Gasteiger partial charge in [0.2, 0.25) is 0 Å². The van der Waals surface area contributed by atoms with Crippen LogP contribution in [0.2, 0.25) is 0 Å². The second-order valence-corrected chi connectivity index (χ2v) is 6.18. The third-order valence-electron chi connectivity index (χ3n) is 3.34. The molecule has 5 nitrogen and oxygen atoms in total. The highest BCUT2D eigenvalue weighted by Crippen LogP contribution is 2.47. The van der Waals surface area contributed by atoms with Crippen LogP contribution in [0.3, 0.4) is 0 Å². The van der Waals surface area contributed by atoms with Crippen molar-refractivity contribution in [2.45, 2.75) is 0 Å². The molecule has 0 unspecified atom stereocenters. The summed E-state index contributed by atoms with van der Waals surface area (Å²) in [5.74, 6) is 1.44. The summed E-state index contributed by atoms with van der Waals surface area (Å²) in [6.45, 7) is 3.10. The van der Waals surface area contributed by atoms with Crippen molar-refractivity contribution in [1.82, 2.24) is 0 Å². The van der Waals surface area contributed by atoms with Gasteiger partial charge in [-0.2, -0.15) is 0 Å². The molecule has 0 aliphatic carbocycles. The van der Waals surface area contributed by atoms with Crippen LogP contribution >= 0.6 is 31.9 Å². The molecule has 2 N–H and O–H groups in total. The number of nitrogens with two attached hydrogens (primary N) is 1. The number of hydrogen-bond acceptors (Lipinski definition) is 5. The van der Waals surface area contributed by atoms with E-state index >= 15 is 0 Å². The first-order chi connectivity index (χ1) is 9.09. The van der Waals surface area contributed by atoms with Crippen molar-refractivity contribution in [2.75, 3.05) is 43.1 Å². The standard InChI is InChI=1S/C12H14Br2N4O/c1-17-4-5-19-8-6-7(13)10(9(14)11(8)17)18-3-2-16-12(18)15/h6H,2-5H2,1H3,(H2,15,16). The fraction of sp³-hybridized carbons (Fsp3) is 0.417. The van der Waals surface area contributed by atoms with Gasteiger partial charge in [-0.1, -0.05) is 0 Å². The molecule has 3 rings (SSSR count). The van der Waals surface area contributed by atoms with Gasteiger partial charge in [0, 0.05) is 18.1 Å². The monoisotopic (exact) mass is 388 g/mol. The smallest absolute Gasteiger partial charge is 0.196 e. The maximum Gasteiger partial charge on any atom is 0.196 e. The molecule has 0 atom stereocenters. The van der Waals surface area contributed by atoms with Crippen LogP contribution < -0.4 is 20.3 Å². The number of hydrogen-bond donors (Lipinski definition) is 1. The van der Waals surface area contributed by atoms with E-state index in [2.05, 4.69) is 48.8 Å². The minimum atomic E-state index is 0.556. The van der Waals surface area contributed by atoms with Crippen LogP contribution in [0, 0.1) is 0 Å². The normalized spacial score (nSPS) is 18.2. The summed E-state index contributed by atoms with van der Waals surface area (Å²) in [4.78, 5) is 8.43. The lowest BCUT2D eigenvalue weighted by Gasteiger charge is -2.32. The fourth-order valence-corrected chi connectivity index (χ4v) is 4.20. The zero-order valence-corrected chi connectivity index (χ0v) is 13.7. The molecule has 0 aromatic heterocycles. The Morgan fingerprint density at radius 3 is 2.79 bits per heavy atom. The van der Waals surface area contributed by atoms with E-state index in [1.54, 1.807) is 0 Å². The van der Waals surface area contributed by atoms with Crippen molar-refractivity contribution < 1.29 is 4.74 Å². The second kappa shape index (κ2) is 4.86. The molecule has 0 saturated heterocycles. The van der Waals surface area contributed by atoms with E-state index in [-0.39, 0.29) is 0 Å². The summed E-state index contributed by atoms with van der Waals surface area (Å²) in [5, 5.41) is 0. The zero-order chi connectivity index (χ0) is 13.6. The molecule has 2 aliphatic heterocycles. The van der Waals surface area contributed by atoms with Crippen LogP contribution in [0.25, 0.3) is 0 Å². The lowest BCUT2D eigenvalue weighted by Crippen LogP contribution is -2.35. The Morgan fingerprint density at radius 2 is 2.11 bits per heavy atom. The number of fused-ring (bicyclic) bond motifs is 1. The Labute approximate surface area is 128 Å². The average molecular weight is 390 g/mol. The number of likely N-dealkylation sites (N-methyl/N-ethyl adjacent to an activating group) is 1. The molecule has 1 aromatic rings. The Balaban J connectivity index is 2.15. The zero-order valence-electron chi connectivity index (χ0n) is 10.5. The van der Waals surface area contributed by atoms with Gasteiger partial charge in [0.15, 0.2) is 5.96 Å². The van der Waals surface area contributed by atoms with E-state index in [1.165, 1.54) is 0 Å². The van der Waals surface area contributed by atoms with Gasteiger partial charge in [0.25, 0.3) is 0 Å². The van der Waals surface area contributed by atoms with Crippen molar-refractivity contribution in [1.29, 1.82) is 0 Å². The van der Waals surface area contributed by atoms with Crippen molar-refractivity contribution in [2.24, 2.45) is 10.7 Å². The molecule has 7 heteroatoms. The Kier molecular flexibility index (Phi) is 3.34. The number of ether oxygens (including phenoxy) is 1. The third kappa shape index (κ3) is 2.08. The van der Waals surface area contributed by atoms with Gasteiger partial charge < -0.3 is 20.3 Å².